The van der Waals surface area contributed by atoms with Gasteiger partial charge in [-0.3, -0.25) is 9.36 Å². The second-order valence-corrected chi connectivity index (χ2v) is 9.75. The number of fused-ring (bicyclic) bond motifs is 1. The fourth-order valence-electron chi connectivity index (χ4n) is 2.55. The first kappa shape index (κ1) is 21.5. The van der Waals surface area contributed by atoms with Gasteiger partial charge in [0.05, 0.1) is 13.2 Å². The number of benzene rings is 1. The number of aromatic nitrogens is 1. The van der Waals surface area contributed by atoms with Crippen LogP contribution in [0, 0.1) is 0 Å². The number of para-hydroxylation sites is 1. The van der Waals surface area contributed by atoms with Crippen molar-refractivity contribution in [1.82, 2.24) is 9.88 Å². The third-order valence-electron chi connectivity index (χ3n) is 3.56. The lowest BCUT2D eigenvalue weighted by molar-refractivity contribution is -0.130. The summed E-state index contributed by atoms with van der Waals surface area (Å²) in [5.74, 6) is -0.799. The number of rotatable bonds is 8. The Balaban J connectivity index is 2.35. The Morgan fingerprint density at radius 3 is 2.38 bits per heavy atom. The zero-order chi connectivity index (χ0) is 19.4. The van der Waals surface area contributed by atoms with E-state index in [0.717, 1.165) is 16.5 Å². The lowest BCUT2D eigenvalue weighted by atomic mass is 10.1. The molecule has 1 N–H and O–H groups in total. The van der Waals surface area contributed by atoms with Crippen LogP contribution in [0.4, 0.5) is 0 Å². The summed E-state index contributed by atoms with van der Waals surface area (Å²) < 4.78 is 21.2. The molecule has 6 nitrogen and oxygen atoms in total. The number of hydrogen-bond acceptors (Lipinski definition) is 4. The van der Waals surface area contributed by atoms with E-state index in [-0.39, 0.29) is 26.0 Å². The molecule has 0 unspecified atom stereocenters. The van der Waals surface area contributed by atoms with E-state index in [9.17, 15) is 9.36 Å². The van der Waals surface area contributed by atoms with E-state index in [1.165, 1.54) is 4.90 Å². The van der Waals surface area contributed by atoms with E-state index in [1.807, 2.05) is 24.3 Å². The number of alkyl halides is 3. The summed E-state index contributed by atoms with van der Waals surface area (Å²) in [6.45, 7) is 3.79. The lowest BCUT2D eigenvalue weighted by Gasteiger charge is -2.29. The van der Waals surface area contributed by atoms with Crippen molar-refractivity contribution >= 4 is 59.2 Å². The molecule has 0 fully saturated rings. The van der Waals surface area contributed by atoms with Crippen molar-refractivity contribution in [3.8, 4) is 0 Å². The van der Waals surface area contributed by atoms with Crippen LogP contribution in [0.1, 0.15) is 19.4 Å². The molecule has 0 radical (unpaired) electrons. The van der Waals surface area contributed by atoms with Gasteiger partial charge in [0, 0.05) is 23.6 Å². The van der Waals surface area contributed by atoms with Crippen molar-refractivity contribution in [2.75, 3.05) is 19.5 Å². The zero-order valence-electron chi connectivity index (χ0n) is 14.4. The van der Waals surface area contributed by atoms with Gasteiger partial charge in [-0.2, -0.15) is 0 Å². The molecule has 0 saturated heterocycles. The van der Waals surface area contributed by atoms with Crippen LogP contribution in [-0.4, -0.2) is 39.1 Å². The minimum atomic E-state index is -3.56. The van der Waals surface area contributed by atoms with Crippen molar-refractivity contribution in [2.24, 2.45) is 0 Å². The number of aromatic amines is 1. The van der Waals surface area contributed by atoms with E-state index in [4.69, 9.17) is 43.9 Å². The summed E-state index contributed by atoms with van der Waals surface area (Å²) in [4.78, 5) is 16.9. The number of carbonyl (C=O) groups excluding carboxylic acids is 1. The van der Waals surface area contributed by atoms with E-state index < -0.39 is 17.3 Å². The number of H-pyrrole nitrogens is 1. The molecule has 1 amide bonds. The van der Waals surface area contributed by atoms with Crippen LogP contribution in [0.5, 0.6) is 0 Å². The van der Waals surface area contributed by atoms with E-state index in [1.54, 1.807) is 20.0 Å². The Morgan fingerprint density at radius 1 is 1.19 bits per heavy atom. The van der Waals surface area contributed by atoms with Gasteiger partial charge >= 0.3 is 7.60 Å². The van der Waals surface area contributed by atoms with Crippen LogP contribution < -0.4 is 0 Å². The molecule has 2 aromatic rings. The molecule has 1 heterocycles. The minimum Gasteiger partial charge on any atom is -0.361 e. The Hall–Kier alpha value is -0.750. The van der Waals surface area contributed by atoms with Crippen LogP contribution in [0.3, 0.4) is 0 Å². The van der Waals surface area contributed by atoms with Crippen molar-refractivity contribution < 1.29 is 18.4 Å². The van der Waals surface area contributed by atoms with Crippen LogP contribution in [-0.2, 0) is 25.0 Å². The van der Waals surface area contributed by atoms with Gasteiger partial charge in [0.15, 0.2) is 0 Å². The van der Waals surface area contributed by atoms with Gasteiger partial charge in [0.2, 0.25) is 0 Å². The SMILES string of the molecule is CCOP(=O)(CN(Cc1c[nH]c2ccccc12)C(=O)C(Cl)(Cl)Cl)OCC. The summed E-state index contributed by atoms with van der Waals surface area (Å²) in [5.41, 5.74) is 1.70. The highest BCUT2D eigenvalue weighted by Gasteiger charge is 2.39. The molecule has 0 spiro atoms. The minimum absolute atomic E-state index is 0.0842. The average Bonchev–Trinajstić information content (AvgIpc) is 2.96. The second-order valence-electron chi connectivity index (χ2n) is 5.45. The molecule has 1 aromatic heterocycles. The standard InChI is InChI=1S/C16H20Cl3N2O4P/c1-3-24-26(23,25-4-2)11-21(15(22)16(17,18)19)10-12-9-20-14-8-6-5-7-13(12)14/h5-9,20H,3-4,10-11H2,1-2H3. The predicted octanol–water partition coefficient (Wildman–Crippen LogP) is 5.09. The molecular formula is C16H20Cl3N2O4P. The highest BCUT2D eigenvalue weighted by molar-refractivity contribution is 7.53. The van der Waals surface area contributed by atoms with Gasteiger partial charge in [0.25, 0.3) is 9.70 Å². The van der Waals surface area contributed by atoms with Crippen LogP contribution in [0.2, 0.25) is 0 Å². The molecule has 26 heavy (non-hydrogen) atoms. The molecule has 0 aliphatic carbocycles. The Labute approximate surface area is 167 Å². The Bertz CT molecular complexity index is 796. The molecule has 2 rings (SSSR count). The summed E-state index contributed by atoms with van der Waals surface area (Å²) in [5, 5.41) is 0.914. The van der Waals surface area contributed by atoms with Gasteiger partial charge in [-0.05, 0) is 25.5 Å². The maximum absolute atomic E-state index is 12.9. The Morgan fingerprint density at radius 2 is 1.81 bits per heavy atom. The summed E-state index contributed by atoms with van der Waals surface area (Å²) in [6, 6.07) is 7.59. The van der Waals surface area contributed by atoms with E-state index in [0.29, 0.717) is 0 Å². The highest BCUT2D eigenvalue weighted by Crippen LogP contribution is 2.49. The van der Waals surface area contributed by atoms with E-state index in [2.05, 4.69) is 4.98 Å². The number of nitrogens with one attached hydrogen (secondary N) is 1. The van der Waals surface area contributed by atoms with Crippen molar-refractivity contribution in [3.05, 3.63) is 36.0 Å². The van der Waals surface area contributed by atoms with Crippen molar-refractivity contribution in [2.45, 2.75) is 24.2 Å². The molecule has 0 bridgehead atoms. The van der Waals surface area contributed by atoms with E-state index >= 15 is 0 Å². The molecule has 0 aliphatic heterocycles. The number of amides is 1. The van der Waals surface area contributed by atoms with Gasteiger partial charge in [-0.15, -0.1) is 0 Å². The van der Waals surface area contributed by atoms with Gasteiger partial charge < -0.3 is 18.9 Å². The normalized spacial score (nSPS) is 12.5. The van der Waals surface area contributed by atoms with Crippen molar-refractivity contribution in [1.29, 1.82) is 0 Å². The molecule has 0 atom stereocenters. The first-order valence-corrected chi connectivity index (χ1v) is 10.9. The molecule has 10 heteroatoms. The molecule has 144 valence electrons. The second kappa shape index (κ2) is 8.96. The van der Waals surface area contributed by atoms with Gasteiger partial charge in [-0.1, -0.05) is 53.0 Å². The predicted molar refractivity (Wildman–Crippen MR) is 105 cm³/mol. The van der Waals surface area contributed by atoms with Crippen molar-refractivity contribution in [3.63, 3.8) is 0 Å². The molecular weight excluding hydrogens is 422 g/mol. The monoisotopic (exact) mass is 440 g/mol. The van der Waals surface area contributed by atoms with Crippen LogP contribution in [0.15, 0.2) is 30.5 Å². The first-order chi connectivity index (χ1) is 12.2. The number of halogens is 3. The number of carbonyl (C=O) groups is 1. The summed E-state index contributed by atoms with van der Waals surface area (Å²) >= 11 is 17.3. The highest BCUT2D eigenvalue weighted by atomic mass is 35.6. The topological polar surface area (TPSA) is 71.6 Å². The molecule has 1 aromatic carbocycles. The average molecular weight is 442 g/mol. The summed E-state index contributed by atoms with van der Waals surface area (Å²) in [7, 11) is -3.56. The third kappa shape index (κ3) is 5.38. The summed E-state index contributed by atoms with van der Waals surface area (Å²) in [6.07, 6.45) is 1.44. The third-order valence-corrected chi connectivity index (χ3v) is 6.04. The number of nitrogens with zero attached hydrogens (tertiary/aromatic N) is 1. The maximum Gasteiger partial charge on any atom is 0.349 e. The van der Waals surface area contributed by atoms with Gasteiger partial charge in [0.1, 0.15) is 6.29 Å². The maximum atomic E-state index is 12.9. The van der Waals surface area contributed by atoms with Crippen LogP contribution >= 0.6 is 42.4 Å². The Kier molecular flexibility index (Phi) is 7.43. The first-order valence-electron chi connectivity index (χ1n) is 7.99. The fraction of sp³-hybridized carbons (Fsp3) is 0.438. The zero-order valence-corrected chi connectivity index (χ0v) is 17.5. The van der Waals surface area contributed by atoms with Gasteiger partial charge in [-0.25, -0.2) is 0 Å². The fourth-order valence-corrected chi connectivity index (χ4v) is 4.58. The largest absolute Gasteiger partial charge is 0.361 e. The lowest BCUT2D eigenvalue weighted by Crippen LogP contribution is -2.39. The quantitative estimate of drug-likeness (QED) is 0.457. The molecule has 0 aliphatic rings. The molecule has 0 saturated carbocycles. The number of hydrogen-bond donors (Lipinski definition) is 1. The smallest absolute Gasteiger partial charge is 0.349 e. The van der Waals surface area contributed by atoms with Crippen LogP contribution in [0.25, 0.3) is 10.9 Å².